The largest absolute Gasteiger partial charge is 0.394 e. The van der Waals surface area contributed by atoms with Gasteiger partial charge in [-0.1, -0.05) is 20.3 Å². The maximum Gasteiger partial charge on any atom is 0.0610 e. The van der Waals surface area contributed by atoms with Crippen molar-refractivity contribution in [2.45, 2.75) is 83.3 Å². The summed E-state index contributed by atoms with van der Waals surface area (Å²) in [6.07, 6.45) is 9.34. The minimum absolute atomic E-state index is 0.102. The summed E-state index contributed by atoms with van der Waals surface area (Å²) in [5, 5.41) is 13.1. The summed E-state index contributed by atoms with van der Waals surface area (Å²) in [5.41, 5.74) is -0.102. The Balaban J connectivity index is 1.63. The molecule has 2 aliphatic carbocycles. The fourth-order valence-electron chi connectivity index (χ4n) is 3.22. The van der Waals surface area contributed by atoms with Crippen LogP contribution in [0.3, 0.4) is 0 Å². The molecule has 2 rings (SSSR count). The Morgan fingerprint density at radius 3 is 2.40 bits per heavy atom. The van der Waals surface area contributed by atoms with Crippen LogP contribution in [0.25, 0.3) is 0 Å². The topological polar surface area (TPSA) is 35.5 Å². The summed E-state index contributed by atoms with van der Waals surface area (Å²) in [7, 11) is 0. The van der Waals surface area contributed by atoms with E-state index in [1.165, 1.54) is 51.6 Å². The van der Waals surface area contributed by atoms with Gasteiger partial charge in [-0.05, 0) is 57.9 Å². The smallest absolute Gasteiger partial charge is 0.0610 e. The molecule has 2 saturated carbocycles. The van der Waals surface area contributed by atoms with Crippen LogP contribution in [0.5, 0.6) is 0 Å². The summed E-state index contributed by atoms with van der Waals surface area (Å²) in [6, 6.07) is 1.35. The zero-order valence-electron chi connectivity index (χ0n) is 13.7. The van der Waals surface area contributed by atoms with Crippen molar-refractivity contribution in [1.82, 2.24) is 10.2 Å². The number of unbranched alkanes of at least 4 members (excludes halogenated alkanes) is 1. The summed E-state index contributed by atoms with van der Waals surface area (Å²) in [4.78, 5) is 2.74. The van der Waals surface area contributed by atoms with Crippen LogP contribution in [0.15, 0.2) is 0 Å². The average molecular weight is 282 g/mol. The highest BCUT2D eigenvalue weighted by Gasteiger charge is 2.33. The molecular formula is C17H34N2O. The molecule has 3 heteroatoms. The zero-order valence-corrected chi connectivity index (χ0v) is 13.7. The van der Waals surface area contributed by atoms with Crippen LogP contribution in [-0.4, -0.2) is 47.3 Å². The Labute approximate surface area is 125 Å². The van der Waals surface area contributed by atoms with E-state index in [4.69, 9.17) is 0 Å². The molecule has 0 heterocycles. The molecule has 2 fully saturated rings. The Morgan fingerprint density at radius 2 is 1.90 bits per heavy atom. The highest BCUT2D eigenvalue weighted by Crippen LogP contribution is 2.35. The van der Waals surface area contributed by atoms with E-state index < -0.39 is 0 Å². The lowest BCUT2D eigenvalue weighted by Gasteiger charge is -2.31. The molecule has 0 spiro atoms. The quantitative estimate of drug-likeness (QED) is 0.572. The van der Waals surface area contributed by atoms with Crippen LogP contribution < -0.4 is 5.32 Å². The molecule has 2 aliphatic rings. The second-order valence-electron chi connectivity index (χ2n) is 7.64. The lowest BCUT2D eigenvalue weighted by atomic mass is 9.94. The molecule has 20 heavy (non-hydrogen) atoms. The molecule has 2 N–H and O–H groups in total. The van der Waals surface area contributed by atoms with Gasteiger partial charge < -0.3 is 15.3 Å². The van der Waals surface area contributed by atoms with E-state index in [-0.39, 0.29) is 12.1 Å². The maximum atomic E-state index is 9.60. The van der Waals surface area contributed by atoms with Gasteiger partial charge in [0.05, 0.1) is 6.61 Å². The first kappa shape index (κ1) is 16.3. The van der Waals surface area contributed by atoms with E-state index in [0.717, 1.165) is 18.4 Å². The third kappa shape index (κ3) is 5.71. The van der Waals surface area contributed by atoms with Crippen molar-refractivity contribution in [3.05, 3.63) is 0 Å². The number of aliphatic hydroxyl groups is 1. The Bertz CT molecular complexity index is 287. The van der Waals surface area contributed by atoms with Crippen molar-refractivity contribution in [2.75, 3.05) is 19.7 Å². The maximum absolute atomic E-state index is 9.60. The van der Waals surface area contributed by atoms with Gasteiger partial charge >= 0.3 is 0 Å². The predicted molar refractivity (Wildman–Crippen MR) is 84.9 cm³/mol. The predicted octanol–water partition coefficient (Wildman–Crippen LogP) is 2.78. The van der Waals surface area contributed by atoms with E-state index in [0.29, 0.717) is 6.04 Å². The molecule has 1 unspecified atom stereocenters. The van der Waals surface area contributed by atoms with Crippen molar-refractivity contribution < 1.29 is 5.11 Å². The summed E-state index contributed by atoms with van der Waals surface area (Å²) < 4.78 is 0. The minimum Gasteiger partial charge on any atom is -0.394 e. The average Bonchev–Trinajstić information content (AvgIpc) is 3.25. The number of hydrogen-bond donors (Lipinski definition) is 2. The van der Waals surface area contributed by atoms with E-state index in [2.05, 4.69) is 31.0 Å². The highest BCUT2D eigenvalue weighted by molar-refractivity contribution is 4.89. The van der Waals surface area contributed by atoms with E-state index in [1.807, 2.05) is 0 Å². The number of nitrogens with zero attached hydrogens (tertiary/aromatic N) is 1. The molecular weight excluding hydrogens is 248 g/mol. The first-order valence-electron chi connectivity index (χ1n) is 8.65. The van der Waals surface area contributed by atoms with Gasteiger partial charge in [-0.3, -0.25) is 0 Å². The summed E-state index contributed by atoms with van der Waals surface area (Å²) in [5.74, 6) is 1.01. The molecule has 0 amide bonds. The highest BCUT2D eigenvalue weighted by atomic mass is 16.3. The van der Waals surface area contributed by atoms with Crippen LogP contribution >= 0.6 is 0 Å². The van der Waals surface area contributed by atoms with Gasteiger partial charge in [-0.25, -0.2) is 0 Å². The molecule has 1 atom stereocenters. The van der Waals surface area contributed by atoms with Crippen molar-refractivity contribution in [1.29, 1.82) is 0 Å². The van der Waals surface area contributed by atoms with E-state index in [9.17, 15) is 5.11 Å². The van der Waals surface area contributed by atoms with E-state index in [1.54, 1.807) is 0 Å². The normalized spacial score (nSPS) is 22.5. The number of nitrogens with one attached hydrogen (secondary N) is 1. The Morgan fingerprint density at radius 1 is 1.20 bits per heavy atom. The molecule has 0 aromatic rings. The van der Waals surface area contributed by atoms with Crippen molar-refractivity contribution >= 4 is 0 Å². The van der Waals surface area contributed by atoms with Gasteiger partial charge in [0.1, 0.15) is 0 Å². The molecule has 0 radical (unpaired) electrons. The molecule has 0 bridgehead atoms. The number of aliphatic hydroxyl groups excluding tert-OH is 1. The third-order valence-electron chi connectivity index (χ3n) is 4.66. The SMILES string of the molecule is CC(C)NC(C)(CO)CCCCN(CC1CC1)C1CC1. The van der Waals surface area contributed by atoms with E-state index >= 15 is 0 Å². The molecule has 118 valence electrons. The number of rotatable bonds is 11. The fourth-order valence-corrected chi connectivity index (χ4v) is 3.22. The lowest BCUT2D eigenvalue weighted by molar-refractivity contribution is 0.151. The first-order valence-corrected chi connectivity index (χ1v) is 8.65. The van der Waals surface area contributed by atoms with Gasteiger partial charge in [0, 0.05) is 24.2 Å². The standard InChI is InChI=1S/C17H34N2O/c1-14(2)18-17(3,13-20)10-4-5-11-19(16-8-9-16)12-15-6-7-15/h14-16,18,20H,4-13H2,1-3H3. The van der Waals surface area contributed by atoms with Crippen LogP contribution in [0.4, 0.5) is 0 Å². The third-order valence-corrected chi connectivity index (χ3v) is 4.66. The molecule has 0 saturated heterocycles. The molecule has 0 aromatic carbocycles. The Kier molecular flexibility index (Phi) is 5.88. The van der Waals surface area contributed by atoms with Gasteiger partial charge in [0.15, 0.2) is 0 Å². The van der Waals surface area contributed by atoms with Gasteiger partial charge in [0.25, 0.3) is 0 Å². The van der Waals surface area contributed by atoms with Crippen molar-refractivity contribution in [2.24, 2.45) is 5.92 Å². The monoisotopic (exact) mass is 282 g/mol. The van der Waals surface area contributed by atoms with Gasteiger partial charge in [-0.15, -0.1) is 0 Å². The van der Waals surface area contributed by atoms with Crippen LogP contribution in [0.1, 0.15) is 65.7 Å². The van der Waals surface area contributed by atoms with Crippen LogP contribution in [0.2, 0.25) is 0 Å². The summed E-state index contributed by atoms with van der Waals surface area (Å²) in [6.45, 7) is 9.31. The first-order chi connectivity index (χ1) is 9.52. The van der Waals surface area contributed by atoms with Crippen LogP contribution in [0, 0.1) is 5.92 Å². The molecule has 0 aliphatic heterocycles. The van der Waals surface area contributed by atoms with Gasteiger partial charge in [-0.2, -0.15) is 0 Å². The summed E-state index contributed by atoms with van der Waals surface area (Å²) >= 11 is 0. The van der Waals surface area contributed by atoms with Crippen molar-refractivity contribution in [3.8, 4) is 0 Å². The van der Waals surface area contributed by atoms with Crippen molar-refractivity contribution in [3.63, 3.8) is 0 Å². The lowest BCUT2D eigenvalue weighted by Crippen LogP contribution is -2.49. The second-order valence-corrected chi connectivity index (χ2v) is 7.64. The molecule has 0 aromatic heterocycles. The van der Waals surface area contributed by atoms with Crippen LogP contribution in [-0.2, 0) is 0 Å². The van der Waals surface area contributed by atoms with Gasteiger partial charge in [0.2, 0.25) is 0 Å². The zero-order chi connectivity index (χ0) is 14.6. The minimum atomic E-state index is -0.102. The number of hydrogen-bond acceptors (Lipinski definition) is 3. The second kappa shape index (κ2) is 7.24. The Hall–Kier alpha value is -0.120. The molecule has 3 nitrogen and oxygen atoms in total. The fraction of sp³-hybridized carbons (Fsp3) is 1.00.